The van der Waals surface area contributed by atoms with Crippen LogP contribution in [0.1, 0.15) is 29.4 Å². The van der Waals surface area contributed by atoms with Crippen LogP contribution in [0.4, 0.5) is 0 Å². The molecule has 0 aromatic carbocycles. The molecule has 0 N–H and O–H groups in total. The number of carbonyl (C=O) groups excluding carboxylic acids is 3. The maximum atomic E-state index is 12.3. The Morgan fingerprint density at radius 3 is 2.45 bits per heavy atom. The van der Waals surface area contributed by atoms with Gasteiger partial charge in [-0.15, -0.1) is 11.3 Å². The van der Waals surface area contributed by atoms with Crippen molar-refractivity contribution in [1.29, 1.82) is 0 Å². The zero-order valence-corrected chi connectivity index (χ0v) is 13.4. The van der Waals surface area contributed by atoms with E-state index >= 15 is 0 Å². The Bertz CT molecular complexity index is 573. The Balaban J connectivity index is 1.76. The van der Waals surface area contributed by atoms with Crippen LogP contribution in [0.15, 0.2) is 15.9 Å². The smallest absolute Gasteiger partial charge is 0.233 e. The Labute approximate surface area is 129 Å². The van der Waals surface area contributed by atoms with Crippen LogP contribution in [0.2, 0.25) is 0 Å². The third kappa shape index (κ3) is 2.15. The van der Waals surface area contributed by atoms with Gasteiger partial charge >= 0.3 is 0 Å². The highest BCUT2D eigenvalue weighted by Crippen LogP contribution is 2.42. The second kappa shape index (κ2) is 5.07. The number of hydrogen-bond donors (Lipinski definition) is 0. The van der Waals surface area contributed by atoms with Crippen molar-refractivity contribution in [2.45, 2.75) is 19.8 Å². The number of fused-ring (bicyclic) bond motifs is 1. The lowest BCUT2D eigenvalue weighted by Crippen LogP contribution is -2.36. The van der Waals surface area contributed by atoms with Gasteiger partial charge in [0.2, 0.25) is 11.8 Å². The molecule has 2 amide bonds. The van der Waals surface area contributed by atoms with E-state index in [4.69, 9.17) is 0 Å². The Kier molecular flexibility index (Phi) is 3.54. The van der Waals surface area contributed by atoms with Crippen molar-refractivity contribution in [3.8, 4) is 0 Å². The van der Waals surface area contributed by atoms with Crippen LogP contribution < -0.4 is 0 Å². The molecule has 0 spiro atoms. The van der Waals surface area contributed by atoms with Crippen LogP contribution in [0.5, 0.6) is 0 Å². The first-order valence-electron chi connectivity index (χ1n) is 6.60. The van der Waals surface area contributed by atoms with Crippen molar-refractivity contribution < 1.29 is 14.4 Å². The number of rotatable bonds is 3. The molecule has 20 heavy (non-hydrogen) atoms. The van der Waals surface area contributed by atoms with Crippen molar-refractivity contribution in [2.24, 2.45) is 17.8 Å². The van der Waals surface area contributed by atoms with Gasteiger partial charge in [0.05, 0.1) is 23.3 Å². The molecule has 2 heterocycles. The molecule has 1 aliphatic carbocycles. The summed E-state index contributed by atoms with van der Waals surface area (Å²) in [6, 6.07) is 1.79. The number of Topliss-reactive ketones (excluding diaryl/α,β-unsaturated/α-hetero) is 1. The SMILES string of the molecule is CC1CC2C(=O)N(CC(=O)c3sccc3Br)C(=O)C2C1. The molecule has 106 valence electrons. The van der Waals surface area contributed by atoms with Gasteiger partial charge in [0.25, 0.3) is 0 Å². The van der Waals surface area contributed by atoms with Gasteiger partial charge in [-0.3, -0.25) is 19.3 Å². The summed E-state index contributed by atoms with van der Waals surface area (Å²) < 4.78 is 0.723. The van der Waals surface area contributed by atoms with Gasteiger partial charge in [-0.1, -0.05) is 6.92 Å². The molecule has 2 unspecified atom stereocenters. The van der Waals surface area contributed by atoms with Gasteiger partial charge in [-0.25, -0.2) is 0 Å². The minimum absolute atomic E-state index is 0.127. The zero-order chi connectivity index (χ0) is 14.4. The van der Waals surface area contributed by atoms with Crippen LogP contribution in [0, 0.1) is 17.8 Å². The van der Waals surface area contributed by atoms with Crippen LogP contribution in [0.25, 0.3) is 0 Å². The van der Waals surface area contributed by atoms with E-state index in [9.17, 15) is 14.4 Å². The lowest BCUT2D eigenvalue weighted by molar-refractivity contribution is -0.139. The fourth-order valence-electron chi connectivity index (χ4n) is 3.21. The highest BCUT2D eigenvalue weighted by atomic mass is 79.9. The summed E-state index contributed by atoms with van der Waals surface area (Å²) in [6.07, 6.45) is 1.53. The van der Waals surface area contributed by atoms with Gasteiger partial charge in [0.15, 0.2) is 5.78 Å². The molecule has 1 saturated heterocycles. The summed E-state index contributed by atoms with van der Waals surface area (Å²) in [4.78, 5) is 38.5. The van der Waals surface area contributed by atoms with E-state index < -0.39 is 0 Å². The quantitative estimate of drug-likeness (QED) is 0.618. The molecule has 1 aromatic heterocycles. The van der Waals surface area contributed by atoms with Crippen LogP contribution in [0.3, 0.4) is 0 Å². The Hall–Kier alpha value is -1.01. The Morgan fingerprint density at radius 2 is 1.95 bits per heavy atom. The summed E-state index contributed by atoms with van der Waals surface area (Å²) in [5, 5.41) is 1.81. The fraction of sp³-hybridized carbons (Fsp3) is 0.500. The maximum absolute atomic E-state index is 12.3. The van der Waals surface area contributed by atoms with Crippen molar-refractivity contribution in [2.75, 3.05) is 6.54 Å². The van der Waals surface area contributed by atoms with E-state index in [1.807, 2.05) is 0 Å². The average molecular weight is 356 g/mol. The number of amides is 2. The summed E-state index contributed by atoms with van der Waals surface area (Å²) in [5.41, 5.74) is 0. The number of ketones is 1. The van der Waals surface area contributed by atoms with E-state index in [0.717, 1.165) is 22.2 Å². The first-order chi connectivity index (χ1) is 9.49. The van der Waals surface area contributed by atoms with Gasteiger partial charge < -0.3 is 0 Å². The number of likely N-dealkylation sites (tertiary alicyclic amines) is 1. The standard InChI is InChI=1S/C14H14BrNO3S/c1-7-4-8-9(5-7)14(19)16(13(8)18)6-11(17)12-10(15)2-3-20-12/h2-3,7-9H,4-6H2,1H3. The highest BCUT2D eigenvalue weighted by molar-refractivity contribution is 9.10. The van der Waals surface area contributed by atoms with E-state index in [0.29, 0.717) is 10.8 Å². The van der Waals surface area contributed by atoms with Crippen LogP contribution in [-0.4, -0.2) is 29.0 Å². The second-order valence-electron chi connectivity index (χ2n) is 5.57. The summed E-state index contributed by atoms with van der Waals surface area (Å²) >= 11 is 4.62. The third-order valence-electron chi connectivity index (χ3n) is 4.14. The first-order valence-corrected chi connectivity index (χ1v) is 8.27. The number of imide groups is 1. The molecule has 4 nitrogen and oxygen atoms in total. The minimum Gasteiger partial charge on any atom is -0.291 e. The monoisotopic (exact) mass is 355 g/mol. The summed E-state index contributed by atoms with van der Waals surface area (Å²) in [7, 11) is 0. The largest absolute Gasteiger partial charge is 0.291 e. The van der Waals surface area contributed by atoms with Crippen molar-refractivity contribution >= 4 is 44.9 Å². The van der Waals surface area contributed by atoms with E-state index in [-0.39, 0.29) is 36.0 Å². The molecule has 2 fully saturated rings. The lowest BCUT2D eigenvalue weighted by atomic mass is 10.00. The fourth-order valence-corrected chi connectivity index (χ4v) is 4.74. The zero-order valence-electron chi connectivity index (χ0n) is 11.0. The molecular weight excluding hydrogens is 342 g/mol. The first kappa shape index (κ1) is 13.9. The summed E-state index contributed by atoms with van der Waals surface area (Å²) in [5.74, 6) is -0.478. The number of carbonyl (C=O) groups is 3. The van der Waals surface area contributed by atoms with Gasteiger partial charge in [0.1, 0.15) is 0 Å². The number of hydrogen-bond acceptors (Lipinski definition) is 4. The van der Waals surface area contributed by atoms with Gasteiger partial charge in [0, 0.05) is 4.47 Å². The number of halogens is 1. The predicted octanol–water partition coefficient (Wildman–Crippen LogP) is 2.72. The topological polar surface area (TPSA) is 54.5 Å². The normalized spacial score (nSPS) is 29.1. The molecule has 2 atom stereocenters. The van der Waals surface area contributed by atoms with Crippen molar-refractivity contribution in [3.05, 3.63) is 20.8 Å². The predicted molar refractivity (Wildman–Crippen MR) is 78.4 cm³/mol. The molecule has 0 bridgehead atoms. The summed E-state index contributed by atoms with van der Waals surface area (Å²) in [6.45, 7) is 1.94. The lowest BCUT2D eigenvalue weighted by Gasteiger charge is -2.15. The highest BCUT2D eigenvalue weighted by Gasteiger charge is 2.52. The second-order valence-corrected chi connectivity index (χ2v) is 7.34. The maximum Gasteiger partial charge on any atom is 0.233 e. The molecular formula is C14H14BrNO3S. The average Bonchev–Trinajstić information content (AvgIpc) is 3.04. The number of thiophene rings is 1. The third-order valence-corrected chi connectivity index (χ3v) is 6.02. The Morgan fingerprint density at radius 1 is 1.35 bits per heavy atom. The molecule has 0 radical (unpaired) electrons. The van der Waals surface area contributed by atoms with Gasteiger partial charge in [-0.05, 0) is 46.1 Å². The van der Waals surface area contributed by atoms with E-state index in [1.54, 1.807) is 11.4 Å². The van der Waals surface area contributed by atoms with Gasteiger partial charge in [-0.2, -0.15) is 0 Å². The van der Waals surface area contributed by atoms with Crippen LogP contribution in [-0.2, 0) is 9.59 Å². The van der Waals surface area contributed by atoms with Crippen molar-refractivity contribution in [1.82, 2.24) is 4.90 Å². The minimum atomic E-state index is -0.197. The molecule has 2 aliphatic rings. The van der Waals surface area contributed by atoms with Crippen molar-refractivity contribution in [3.63, 3.8) is 0 Å². The molecule has 6 heteroatoms. The molecule has 3 rings (SSSR count). The van der Waals surface area contributed by atoms with E-state index in [1.165, 1.54) is 11.3 Å². The number of nitrogens with zero attached hydrogens (tertiary/aromatic N) is 1. The molecule has 1 aromatic rings. The van der Waals surface area contributed by atoms with E-state index in [2.05, 4.69) is 22.9 Å². The van der Waals surface area contributed by atoms with Crippen LogP contribution >= 0.6 is 27.3 Å². The molecule has 1 saturated carbocycles. The molecule has 1 aliphatic heterocycles.